The number of ether oxygens (including phenoxy) is 1. The van der Waals surface area contributed by atoms with Crippen LogP contribution in [0.5, 0.6) is 5.75 Å². The molecule has 0 aliphatic rings. The number of para-hydroxylation sites is 1. The number of rotatable bonds is 5. The minimum atomic E-state index is 0.731. The van der Waals surface area contributed by atoms with Gasteiger partial charge in [-0.25, -0.2) is 0 Å². The molecule has 2 aromatic carbocycles. The third-order valence-electron chi connectivity index (χ3n) is 3.22. The molecule has 0 fully saturated rings. The number of hydrogen-bond donors (Lipinski definition) is 0. The first kappa shape index (κ1) is 14.3. The molecule has 20 heavy (non-hydrogen) atoms. The minimum Gasteiger partial charge on any atom is -0.493 e. The topological polar surface area (TPSA) is 21.6 Å². The van der Waals surface area contributed by atoms with Gasteiger partial charge in [0.1, 0.15) is 5.75 Å². The Balaban J connectivity index is 2.20. The minimum absolute atomic E-state index is 0.731. The monoisotopic (exact) mass is 267 g/mol. The second kappa shape index (κ2) is 6.90. The van der Waals surface area contributed by atoms with E-state index in [0.717, 1.165) is 30.0 Å². The first-order valence-electron chi connectivity index (χ1n) is 7.04. The Morgan fingerprint density at radius 2 is 1.85 bits per heavy atom. The molecule has 0 unspecified atom stereocenters. The van der Waals surface area contributed by atoms with Crippen molar-refractivity contribution in [2.45, 2.75) is 27.2 Å². The molecule has 0 bridgehead atoms. The van der Waals surface area contributed by atoms with Gasteiger partial charge in [0.05, 0.1) is 12.3 Å². The van der Waals surface area contributed by atoms with Crippen LogP contribution in [0.25, 0.3) is 0 Å². The molecule has 2 aromatic rings. The van der Waals surface area contributed by atoms with E-state index in [0.29, 0.717) is 0 Å². The van der Waals surface area contributed by atoms with Gasteiger partial charge >= 0.3 is 0 Å². The average molecular weight is 267 g/mol. The molecule has 0 spiro atoms. The van der Waals surface area contributed by atoms with Gasteiger partial charge in [0.2, 0.25) is 0 Å². The summed E-state index contributed by atoms with van der Waals surface area (Å²) in [6.07, 6.45) is 2.87. The van der Waals surface area contributed by atoms with E-state index < -0.39 is 0 Å². The SMILES string of the molecule is CCCOc1ccccc1C=Nc1ccc(C)c(C)c1. The lowest BCUT2D eigenvalue weighted by Gasteiger charge is -2.07. The van der Waals surface area contributed by atoms with Gasteiger partial charge in [0.25, 0.3) is 0 Å². The van der Waals surface area contributed by atoms with Gasteiger partial charge in [-0.3, -0.25) is 4.99 Å². The second-order valence-electron chi connectivity index (χ2n) is 4.91. The van der Waals surface area contributed by atoms with Crippen molar-refractivity contribution in [3.05, 3.63) is 59.2 Å². The van der Waals surface area contributed by atoms with Gasteiger partial charge < -0.3 is 4.74 Å². The molecule has 0 saturated heterocycles. The Kier molecular flexibility index (Phi) is 4.94. The average Bonchev–Trinajstić information content (AvgIpc) is 2.47. The maximum Gasteiger partial charge on any atom is 0.128 e. The molecule has 0 saturated carbocycles. The van der Waals surface area contributed by atoms with E-state index in [1.807, 2.05) is 36.5 Å². The van der Waals surface area contributed by atoms with Crippen LogP contribution in [0.15, 0.2) is 47.5 Å². The number of aryl methyl sites for hydroxylation is 2. The number of hydrogen-bond acceptors (Lipinski definition) is 2. The van der Waals surface area contributed by atoms with Crippen LogP contribution in [0.4, 0.5) is 5.69 Å². The number of nitrogens with zero attached hydrogens (tertiary/aromatic N) is 1. The first-order valence-corrected chi connectivity index (χ1v) is 7.04. The number of benzene rings is 2. The third kappa shape index (κ3) is 3.70. The molecule has 0 atom stereocenters. The molecule has 0 aliphatic heterocycles. The van der Waals surface area contributed by atoms with Crippen molar-refractivity contribution in [2.24, 2.45) is 4.99 Å². The second-order valence-corrected chi connectivity index (χ2v) is 4.91. The Morgan fingerprint density at radius 1 is 1.05 bits per heavy atom. The summed E-state index contributed by atoms with van der Waals surface area (Å²) >= 11 is 0. The lowest BCUT2D eigenvalue weighted by atomic mass is 10.1. The van der Waals surface area contributed by atoms with Crippen LogP contribution in [0.3, 0.4) is 0 Å². The van der Waals surface area contributed by atoms with E-state index in [9.17, 15) is 0 Å². The summed E-state index contributed by atoms with van der Waals surface area (Å²) in [6, 6.07) is 14.2. The Morgan fingerprint density at radius 3 is 2.60 bits per heavy atom. The molecular weight excluding hydrogens is 246 g/mol. The van der Waals surface area contributed by atoms with E-state index in [4.69, 9.17) is 4.74 Å². The van der Waals surface area contributed by atoms with Crippen LogP contribution in [-0.4, -0.2) is 12.8 Å². The molecule has 2 nitrogen and oxygen atoms in total. The smallest absolute Gasteiger partial charge is 0.128 e. The van der Waals surface area contributed by atoms with Gasteiger partial charge in [-0.1, -0.05) is 25.1 Å². The normalized spacial score (nSPS) is 10.9. The fourth-order valence-electron chi connectivity index (χ4n) is 1.88. The van der Waals surface area contributed by atoms with E-state index in [2.05, 4.69) is 37.9 Å². The zero-order valence-electron chi connectivity index (χ0n) is 12.4. The highest BCUT2D eigenvalue weighted by molar-refractivity contribution is 5.85. The van der Waals surface area contributed by atoms with Crippen molar-refractivity contribution in [1.82, 2.24) is 0 Å². The predicted molar refractivity (Wildman–Crippen MR) is 85.4 cm³/mol. The van der Waals surface area contributed by atoms with E-state index in [1.165, 1.54) is 11.1 Å². The molecule has 0 radical (unpaired) electrons. The summed E-state index contributed by atoms with van der Waals surface area (Å²) in [5.74, 6) is 0.891. The van der Waals surface area contributed by atoms with Crippen LogP contribution in [0, 0.1) is 13.8 Å². The van der Waals surface area contributed by atoms with Gasteiger partial charge in [0, 0.05) is 11.8 Å². The van der Waals surface area contributed by atoms with Gasteiger partial charge in [0.15, 0.2) is 0 Å². The molecule has 0 heterocycles. The van der Waals surface area contributed by atoms with Crippen molar-refractivity contribution in [3.8, 4) is 5.75 Å². The summed E-state index contributed by atoms with van der Waals surface area (Å²) in [7, 11) is 0. The van der Waals surface area contributed by atoms with Crippen molar-refractivity contribution in [3.63, 3.8) is 0 Å². The molecule has 2 heteroatoms. The van der Waals surface area contributed by atoms with Crippen LogP contribution < -0.4 is 4.74 Å². The lowest BCUT2D eigenvalue weighted by Crippen LogP contribution is -1.98. The zero-order valence-corrected chi connectivity index (χ0v) is 12.4. The Labute approximate surface area is 121 Å². The van der Waals surface area contributed by atoms with E-state index in [-0.39, 0.29) is 0 Å². The quantitative estimate of drug-likeness (QED) is 0.710. The summed E-state index contributed by atoms with van der Waals surface area (Å²) in [4.78, 5) is 4.54. The van der Waals surface area contributed by atoms with Crippen LogP contribution in [0.1, 0.15) is 30.0 Å². The highest BCUT2D eigenvalue weighted by Gasteiger charge is 2.00. The highest BCUT2D eigenvalue weighted by Crippen LogP contribution is 2.20. The predicted octanol–water partition coefficient (Wildman–Crippen LogP) is 4.84. The highest BCUT2D eigenvalue weighted by atomic mass is 16.5. The molecule has 0 aliphatic carbocycles. The summed E-state index contributed by atoms with van der Waals surface area (Å²) in [6.45, 7) is 7.05. The standard InChI is InChI=1S/C18H21NO/c1-4-11-20-18-8-6-5-7-16(18)13-19-17-10-9-14(2)15(3)12-17/h5-10,12-13H,4,11H2,1-3H3. The van der Waals surface area contributed by atoms with E-state index in [1.54, 1.807) is 0 Å². The van der Waals surface area contributed by atoms with Gasteiger partial charge in [-0.15, -0.1) is 0 Å². The molecule has 0 aromatic heterocycles. The maximum atomic E-state index is 5.73. The molecule has 0 amide bonds. The summed E-state index contributed by atoms with van der Waals surface area (Å²) in [5.41, 5.74) is 4.53. The van der Waals surface area contributed by atoms with E-state index >= 15 is 0 Å². The van der Waals surface area contributed by atoms with Crippen molar-refractivity contribution < 1.29 is 4.74 Å². The van der Waals surface area contributed by atoms with Gasteiger partial charge in [-0.2, -0.15) is 0 Å². The molecule has 2 rings (SSSR count). The fourth-order valence-corrected chi connectivity index (χ4v) is 1.88. The van der Waals surface area contributed by atoms with Gasteiger partial charge in [-0.05, 0) is 55.7 Å². The zero-order chi connectivity index (χ0) is 14.4. The summed E-state index contributed by atoms with van der Waals surface area (Å²) < 4.78 is 5.73. The largest absolute Gasteiger partial charge is 0.493 e. The van der Waals surface area contributed by atoms with Crippen molar-refractivity contribution >= 4 is 11.9 Å². The number of aliphatic imine (C=N–C) groups is 1. The lowest BCUT2D eigenvalue weighted by molar-refractivity contribution is 0.317. The molecular formula is C18H21NO. The summed E-state index contributed by atoms with van der Waals surface area (Å²) in [5, 5.41) is 0. The third-order valence-corrected chi connectivity index (χ3v) is 3.22. The fraction of sp³-hybridized carbons (Fsp3) is 0.278. The van der Waals surface area contributed by atoms with Crippen LogP contribution in [0.2, 0.25) is 0 Å². The maximum absolute atomic E-state index is 5.73. The Hall–Kier alpha value is -2.09. The van der Waals surface area contributed by atoms with Crippen molar-refractivity contribution in [1.29, 1.82) is 0 Å². The van der Waals surface area contributed by atoms with Crippen LogP contribution in [-0.2, 0) is 0 Å². The molecule has 104 valence electrons. The van der Waals surface area contributed by atoms with Crippen molar-refractivity contribution in [2.75, 3.05) is 6.61 Å². The first-order chi connectivity index (χ1) is 9.70. The molecule has 0 N–H and O–H groups in total. The Bertz CT molecular complexity index is 602. The van der Waals surface area contributed by atoms with Crippen LogP contribution >= 0.6 is 0 Å².